The number of rotatable bonds is 5. The average molecular weight is 281 g/mol. The summed E-state index contributed by atoms with van der Waals surface area (Å²) in [6, 6.07) is 16.0. The molecule has 0 aliphatic carbocycles. The van der Waals surface area contributed by atoms with Crippen molar-refractivity contribution in [1.29, 1.82) is 0 Å². The topological polar surface area (TPSA) is 20.3 Å². The number of hydrogen-bond acceptors (Lipinski definition) is 2. The van der Waals surface area contributed by atoms with E-state index in [1.54, 1.807) is 0 Å². The molecular formula is C19H23NO. The van der Waals surface area contributed by atoms with Gasteiger partial charge in [0.15, 0.2) is 5.78 Å². The van der Waals surface area contributed by atoms with Crippen LogP contribution in [0.2, 0.25) is 0 Å². The maximum atomic E-state index is 12.4. The molecule has 2 rings (SSSR count). The first-order valence-corrected chi connectivity index (χ1v) is 7.36. The zero-order valence-corrected chi connectivity index (χ0v) is 13.3. The Morgan fingerprint density at radius 2 is 1.62 bits per heavy atom. The summed E-state index contributed by atoms with van der Waals surface area (Å²) in [4.78, 5) is 14.6. The van der Waals surface area contributed by atoms with Crippen molar-refractivity contribution in [3.63, 3.8) is 0 Å². The molecule has 0 radical (unpaired) electrons. The van der Waals surface area contributed by atoms with Crippen molar-refractivity contribution in [2.45, 2.75) is 20.8 Å². The average Bonchev–Trinajstić information content (AvgIpc) is 2.46. The maximum absolute atomic E-state index is 12.4. The summed E-state index contributed by atoms with van der Waals surface area (Å²) in [5.74, 6) is 0.171. The number of carbonyl (C=O) groups is 1. The highest BCUT2D eigenvalue weighted by atomic mass is 16.1. The predicted molar refractivity (Wildman–Crippen MR) is 89.1 cm³/mol. The van der Waals surface area contributed by atoms with Crippen LogP contribution in [0.15, 0.2) is 48.5 Å². The molecule has 2 heteroatoms. The Kier molecular flexibility index (Phi) is 4.79. The van der Waals surface area contributed by atoms with Crippen LogP contribution in [-0.2, 0) is 0 Å². The van der Waals surface area contributed by atoms with Crippen LogP contribution in [0.25, 0.3) is 0 Å². The number of ketones is 1. The van der Waals surface area contributed by atoms with Crippen LogP contribution in [-0.4, -0.2) is 19.4 Å². The quantitative estimate of drug-likeness (QED) is 0.763. The van der Waals surface area contributed by atoms with Gasteiger partial charge >= 0.3 is 0 Å². The van der Waals surface area contributed by atoms with Gasteiger partial charge in [0.25, 0.3) is 0 Å². The Morgan fingerprint density at radius 3 is 2.19 bits per heavy atom. The molecule has 0 saturated heterocycles. The molecule has 0 aromatic heterocycles. The van der Waals surface area contributed by atoms with Crippen LogP contribution < -0.4 is 4.90 Å². The third-order valence-electron chi connectivity index (χ3n) is 3.70. The smallest absolute Gasteiger partial charge is 0.167 e. The van der Waals surface area contributed by atoms with E-state index in [4.69, 9.17) is 0 Å². The van der Waals surface area contributed by atoms with Gasteiger partial charge in [0.2, 0.25) is 0 Å². The number of benzene rings is 2. The van der Waals surface area contributed by atoms with Gasteiger partial charge in [-0.25, -0.2) is 0 Å². The molecule has 0 spiro atoms. The van der Waals surface area contributed by atoms with Gasteiger partial charge < -0.3 is 4.90 Å². The van der Waals surface area contributed by atoms with Gasteiger partial charge in [-0.3, -0.25) is 4.79 Å². The third-order valence-corrected chi connectivity index (χ3v) is 3.70. The molecule has 0 amide bonds. The molecule has 0 heterocycles. The molecule has 1 atom stereocenters. The van der Waals surface area contributed by atoms with Crippen molar-refractivity contribution in [2.24, 2.45) is 5.92 Å². The molecular weight excluding hydrogens is 258 g/mol. The lowest BCUT2D eigenvalue weighted by molar-refractivity contribution is 0.0933. The van der Waals surface area contributed by atoms with E-state index in [1.807, 2.05) is 44.3 Å². The molecule has 0 N–H and O–H groups in total. The fourth-order valence-corrected chi connectivity index (χ4v) is 2.66. The zero-order valence-electron chi connectivity index (χ0n) is 13.3. The molecule has 2 nitrogen and oxygen atoms in total. The highest BCUT2D eigenvalue weighted by molar-refractivity contribution is 5.97. The molecule has 2 aromatic carbocycles. The van der Waals surface area contributed by atoms with Gasteiger partial charge in [-0.2, -0.15) is 0 Å². The molecule has 0 bridgehead atoms. The van der Waals surface area contributed by atoms with Crippen LogP contribution in [0.3, 0.4) is 0 Å². The van der Waals surface area contributed by atoms with E-state index < -0.39 is 0 Å². The second-order valence-electron chi connectivity index (χ2n) is 5.86. The van der Waals surface area contributed by atoms with Gasteiger partial charge in [0.1, 0.15) is 0 Å². The summed E-state index contributed by atoms with van der Waals surface area (Å²) in [7, 11) is 2.04. The number of anilines is 1. The molecule has 21 heavy (non-hydrogen) atoms. The van der Waals surface area contributed by atoms with Gasteiger partial charge in [0, 0.05) is 30.8 Å². The molecule has 0 aliphatic rings. The fraction of sp³-hybridized carbons (Fsp3) is 0.316. The molecule has 0 fully saturated rings. The lowest BCUT2D eigenvalue weighted by Gasteiger charge is -2.23. The first kappa shape index (κ1) is 15.3. The van der Waals surface area contributed by atoms with Gasteiger partial charge in [-0.05, 0) is 37.1 Å². The van der Waals surface area contributed by atoms with Crippen molar-refractivity contribution in [3.05, 3.63) is 65.2 Å². The Balaban J connectivity index is 2.08. The summed E-state index contributed by atoms with van der Waals surface area (Å²) in [6.45, 7) is 6.91. The van der Waals surface area contributed by atoms with E-state index in [0.717, 1.165) is 12.1 Å². The van der Waals surface area contributed by atoms with Crippen molar-refractivity contribution < 1.29 is 4.79 Å². The fourth-order valence-electron chi connectivity index (χ4n) is 2.66. The van der Waals surface area contributed by atoms with E-state index >= 15 is 0 Å². The normalized spacial score (nSPS) is 12.0. The van der Waals surface area contributed by atoms with Crippen LogP contribution in [0.5, 0.6) is 0 Å². The van der Waals surface area contributed by atoms with E-state index in [0.29, 0.717) is 0 Å². The highest BCUT2D eigenvalue weighted by Crippen LogP contribution is 2.19. The number of Topliss-reactive ketones (excluding diaryl/α,β-unsaturated/α-hetero) is 1. The van der Waals surface area contributed by atoms with Gasteiger partial charge in [-0.1, -0.05) is 43.3 Å². The lowest BCUT2D eigenvalue weighted by atomic mass is 9.98. The molecule has 0 aliphatic heterocycles. The van der Waals surface area contributed by atoms with Gasteiger partial charge in [-0.15, -0.1) is 0 Å². The Labute approximate surface area is 127 Å². The van der Waals surface area contributed by atoms with Gasteiger partial charge in [0.05, 0.1) is 0 Å². The van der Waals surface area contributed by atoms with Crippen LogP contribution >= 0.6 is 0 Å². The number of nitrogens with zero attached hydrogens (tertiary/aromatic N) is 1. The SMILES string of the molecule is Cc1cc(C)cc(N(C)CC(C)C(=O)c2ccccc2)c1. The number of aryl methyl sites for hydroxylation is 2. The predicted octanol–water partition coefficient (Wildman–Crippen LogP) is 4.26. The Hall–Kier alpha value is -2.09. The highest BCUT2D eigenvalue weighted by Gasteiger charge is 2.17. The summed E-state index contributed by atoms with van der Waals surface area (Å²) in [5.41, 5.74) is 4.46. The van der Waals surface area contributed by atoms with E-state index in [2.05, 4.69) is 36.9 Å². The molecule has 110 valence electrons. The van der Waals surface area contributed by atoms with Crippen LogP contribution in [0.4, 0.5) is 5.69 Å². The minimum Gasteiger partial charge on any atom is -0.374 e. The molecule has 2 aromatic rings. The first-order chi connectivity index (χ1) is 9.97. The van der Waals surface area contributed by atoms with E-state index in [9.17, 15) is 4.79 Å². The minimum absolute atomic E-state index is 0.0294. The minimum atomic E-state index is -0.0294. The molecule has 0 saturated carbocycles. The second-order valence-corrected chi connectivity index (χ2v) is 5.86. The monoisotopic (exact) mass is 281 g/mol. The largest absolute Gasteiger partial charge is 0.374 e. The van der Waals surface area contributed by atoms with Crippen molar-refractivity contribution in [2.75, 3.05) is 18.5 Å². The zero-order chi connectivity index (χ0) is 15.4. The summed E-state index contributed by atoms with van der Waals surface area (Å²) in [6.07, 6.45) is 0. The second kappa shape index (κ2) is 6.57. The van der Waals surface area contributed by atoms with Crippen LogP contribution in [0, 0.1) is 19.8 Å². The summed E-state index contributed by atoms with van der Waals surface area (Å²) in [5, 5.41) is 0. The van der Waals surface area contributed by atoms with E-state index in [1.165, 1.54) is 16.8 Å². The standard InChI is InChI=1S/C19H23NO/c1-14-10-15(2)12-18(11-14)20(4)13-16(3)19(21)17-8-6-5-7-9-17/h5-12,16H,13H2,1-4H3. The summed E-state index contributed by atoms with van der Waals surface area (Å²) >= 11 is 0. The Bertz CT molecular complexity index is 598. The Morgan fingerprint density at radius 1 is 1.05 bits per heavy atom. The third kappa shape index (κ3) is 3.94. The summed E-state index contributed by atoms with van der Waals surface area (Å²) < 4.78 is 0. The van der Waals surface area contributed by atoms with Crippen molar-refractivity contribution in [1.82, 2.24) is 0 Å². The first-order valence-electron chi connectivity index (χ1n) is 7.36. The van der Waals surface area contributed by atoms with E-state index in [-0.39, 0.29) is 11.7 Å². The van der Waals surface area contributed by atoms with Crippen molar-refractivity contribution >= 4 is 11.5 Å². The number of carbonyl (C=O) groups excluding carboxylic acids is 1. The maximum Gasteiger partial charge on any atom is 0.167 e. The molecule has 1 unspecified atom stereocenters. The number of hydrogen-bond donors (Lipinski definition) is 0. The van der Waals surface area contributed by atoms with Crippen LogP contribution in [0.1, 0.15) is 28.4 Å². The van der Waals surface area contributed by atoms with Crippen molar-refractivity contribution in [3.8, 4) is 0 Å². The lowest BCUT2D eigenvalue weighted by Crippen LogP contribution is -2.28.